The van der Waals surface area contributed by atoms with E-state index < -0.39 is 11.6 Å². The van der Waals surface area contributed by atoms with Crippen LogP contribution < -0.4 is 25.0 Å². The number of amides is 2. The van der Waals surface area contributed by atoms with Crippen LogP contribution in [0.1, 0.15) is 12.0 Å². The summed E-state index contributed by atoms with van der Waals surface area (Å²) in [4.78, 5) is 25.4. The molecule has 2 aromatic rings. The number of carbonyl (C=O) groups is 2. The van der Waals surface area contributed by atoms with Crippen molar-refractivity contribution in [3.05, 3.63) is 47.5 Å². The molecule has 0 bridgehead atoms. The molecule has 0 unspecified atom stereocenters. The lowest BCUT2D eigenvalue weighted by Gasteiger charge is -2.38. The van der Waals surface area contributed by atoms with Gasteiger partial charge in [0.2, 0.25) is 5.91 Å². The van der Waals surface area contributed by atoms with E-state index in [1.54, 1.807) is 19.2 Å². The zero-order chi connectivity index (χ0) is 20.5. The lowest BCUT2D eigenvalue weighted by molar-refractivity contribution is -0.121. The van der Waals surface area contributed by atoms with Gasteiger partial charge in [-0.1, -0.05) is 0 Å². The Morgan fingerprint density at radius 3 is 2.90 bits per heavy atom. The Bertz CT molecular complexity index is 982. The van der Waals surface area contributed by atoms with Crippen LogP contribution in [0, 0.1) is 11.6 Å². The van der Waals surface area contributed by atoms with Gasteiger partial charge in [-0.05, 0) is 29.8 Å². The van der Waals surface area contributed by atoms with E-state index in [9.17, 15) is 18.4 Å². The van der Waals surface area contributed by atoms with Gasteiger partial charge in [0.05, 0.1) is 23.8 Å². The SMILES string of the molecule is CNC(=O)C[C@@H]1COc2cc(F)ccc2N1Cc1cc(F)c2c(c1)NC(=O)CO2. The van der Waals surface area contributed by atoms with Crippen molar-refractivity contribution in [3.63, 3.8) is 0 Å². The molecule has 2 N–H and O–H groups in total. The number of hydrogen-bond donors (Lipinski definition) is 2. The molecular formula is C20H19F2N3O4. The molecule has 29 heavy (non-hydrogen) atoms. The molecule has 4 rings (SSSR count). The molecule has 2 heterocycles. The monoisotopic (exact) mass is 403 g/mol. The number of anilines is 2. The topological polar surface area (TPSA) is 79.9 Å². The minimum absolute atomic E-state index is 0.000269. The number of halogens is 2. The second-order valence-electron chi connectivity index (χ2n) is 6.87. The molecular weight excluding hydrogens is 384 g/mol. The number of nitrogens with zero attached hydrogens (tertiary/aromatic N) is 1. The summed E-state index contributed by atoms with van der Waals surface area (Å²) >= 11 is 0. The van der Waals surface area contributed by atoms with E-state index in [2.05, 4.69) is 10.6 Å². The first-order valence-corrected chi connectivity index (χ1v) is 9.09. The number of fused-ring (bicyclic) bond motifs is 2. The van der Waals surface area contributed by atoms with E-state index in [-0.39, 0.29) is 55.5 Å². The molecule has 152 valence electrons. The number of rotatable bonds is 4. The van der Waals surface area contributed by atoms with Crippen LogP contribution in [-0.2, 0) is 16.1 Å². The summed E-state index contributed by atoms with van der Waals surface area (Å²) in [7, 11) is 1.54. The Labute approximate surface area is 165 Å². The molecule has 0 aromatic heterocycles. The van der Waals surface area contributed by atoms with E-state index >= 15 is 0 Å². The fraction of sp³-hybridized carbons (Fsp3) is 0.300. The average molecular weight is 403 g/mol. The van der Waals surface area contributed by atoms with Crippen LogP contribution in [-0.4, -0.2) is 38.1 Å². The number of nitrogens with one attached hydrogen (secondary N) is 2. The van der Waals surface area contributed by atoms with Gasteiger partial charge in [0.15, 0.2) is 18.2 Å². The van der Waals surface area contributed by atoms with Gasteiger partial charge in [0, 0.05) is 19.7 Å². The van der Waals surface area contributed by atoms with E-state index in [0.717, 1.165) is 0 Å². The summed E-state index contributed by atoms with van der Waals surface area (Å²) in [5.74, 6) is -1.21. The minimum atomic E-state index is -0.590. The molecule has 0 radical (unpaired) electrons. The van der Waals surface area contributed by atoms with Crippen molar-refractivity contribution in [2.45, 2.75) is 19.0 Å². The largest absolute Gasteiger partial charge is 0.489 e. The second kappa shape index (κ2) is 7.57. The first-order valence-electron chi connectivity index (χ1n) is 9.09. The van der Waals surface area contributed by atoms with Crippen molar-refractivity contribution in [2.75, 3.05) is 30.5 Å². The first-order chi connectivity index (χ1) is 13.9. The van der Waals surface area contributed by atoms with E-state index in [1.807, 2.05) is 4.90 Å². The van der Waals surface area contributed by atoms with Gasteiger partial charge in [-0.3, -0.25) is 9.59 Å². The maximum Gasteiger partial charge on any atom is 0.262 e. The van der Waals surface area contributed by atoms with E-state index in [4.69, 9.17) is 9.47 Å². The second-order valence-corrected chi connectivity index (χ2v) is 6.87. The highest BCUT2D eigenvalue weighted by atomic mass is 19.1. The predicted octanol–water partition coefficient (Wildman–Crippen LogP) is 2.20. The third kappa shape index (κ3) is 3.80. The molecule has 2 amide bonds. The normalized spacial score (nSPS) is 17.4. The van der Waals surface area contributed by atoms with Gasteiger partial charge in [-0.25, -0.2) is 8.78 Å². The molecule has 0 spiro atoms. The van der Waals surface area contributed by atoms with Crippen LogP contribution in [0.3, 0.4) is 0 Å². The average Bonchev–Trinajstić information content (AvgIpc) is 2.69. The molecule has 0 aliphatic carbocycles. The molecule has 9 heteroatoms. The maximum absolute atomic E-state index is 14.5. The number of hydrogen-bond acceptors (Lipinski definition) is 5. The van der Waals surface area contributed by atoms with Gasteiger partial charge in [0.1, 0.15) is 18.2 Å². The zero-order valence-corrected chi connectivity index (χ0v) is 15.6. The Balaban J connectivity index is 1.69. The summed E-state index contributed by atoms with van der Waals surface area (Å²) in [6.45, 7) is 0.167. The van der Waals surface area contributed by atoms with Crippen molar-refractivity contribution >= 4 is 23.2 Å². The highest BCUT2D eigenvalue weighted by Gasteiger charge is 2.30. The van der Waals surface area contributed by atoms with Crippen molar-refractivity contribution in [1.82, 2.24) is 5.32 Å². The fourth-order valence-electron chi connectivity index (χ4n) is 3.51. The first kappa shape index (κ1) is 19.0. The number of benzene rings is 2. The van der Waals surface area contributed by atoms with Crippen LogP contribution >= 0.6 is 0 Å². The standard InChI is InChI=1S/C20H19F2N3O4/c1-23-18(26)7-13-9-28-17-6-12(21)2-3-16(17)25(13)8-11-4-14(22)20-15(5-11)24-19(27)10-29-20/h2-6,13H,7-10H2,1H3,(H,23,26)(H,24,27)/t13-/m1/s1. The summed E-state index contributed by atoms with van der Waals surface area (Å²) < 4.78 is 38.9. The van der Waals surface area contributed by atoms with Gasteiger partial charge in [-0.2, -0.15) is 0 Å². The van der Waals surface area contributed by atoms with Gasteiger partial charge in [-0.15, -0.1) is 0 Å². The fourth-order valence-corrected chi connectivity index (χ4v) is 3.51. The molecule has 0 saturated carbocycles. The van der Waals surface area contributed by atoms with Crippen LogP contribution in [0.25, 0.3) is 0 Å². The molecule has 2 aliphatic heterocycles. The summed E-state index contributed by atoms with van der Waals surface area (Å²) in [6.07, 6.45) is 0.153. The van der Waals surface area contributed by atoms with E-state index in [1.165, 1.54) is 18.2 Å². The van der Waals surface area contributed by atoms with Crippen molar-refractivity contribution in [1.29, 1.82) is 0 Å². The van der Waals surface area contributed by atoms with Gasteiger partial charge >= 0.3 is 0 Å². The lowest BCUT2D eigenvalue weighted by Crippen LogP contribution is -2.45. The Morgan fingerprint density at radius 2 is 2.10 bits per heavy atom. The lowest BCUT2D eigenvalue weighted by atomic mass is 10.1. The summed E-state index contributed by atoms with van der Waals surface area (Å²) in [5.41, 5.74) is 1.42. The highest BCUT2D eigenvalue weighted by Crippen LogP contribution is 2.38. The van der Waals surface area contributed by atoms with Crippen molar-refractivity contribution in [2.24, 2.45) is 0 Å². The molecule has 2 aliphatic rings. The molecule has 7 nitrogen and oxygen atoms in total. The van der Waals surface area contributed by atoms with Crippen molar-refractivity contribution < 1.29 is 27.8 Å². The van der Waals surface area contributed by atoms with Gasteiger partial charge in [0.25, 0.3) is 5.91 Å². The third-order valence-electron chi connectivity index (χ3n) is 4.88. The quantitative estimate of drug-likeness (QED) is 0.818. The Hall–Kier alpha value is -3.36. The number of ether oxygens (including phenoxy) is 2. The Kier molecular flexibility index (Phi) is 4.96. The summed E-state index contributed by atoms with van der Waals surface area (Å²) in [6, 6.07) is 6.77. The molecule has 0 saturated heterocycles. The van der Waals surface area contributed by atoms with Crippen LogP contribution in [0.4, 0.5) is 20.2 Å². The maximum atomic E-state index is 14.5. The smallest absolute Gasteiger partial charge is 0.262 e. The third-order valence-corrected chi connectivity index (χ3v) is 4.88. The van der Waals surface area contributed by atoms with Crippen LogP contribution in [0.2, 0.25) is 0 Å². The van der Waals surface area contributed by atoms with Crippen molar-refractivity contribution in [3.8, 4) is 11.5 Å². The molecule has 0 fully saturated rings. The van der Waals surface area contributed by atoms with Gasteiger partial charge < -0.3 is 25.0 Å². The van der Waals surface area contributed by atoms with Crippen LogP contribution in [0.15, 0.2) is 30.3 Å². The minimum Gasteiger partial charge on any atom is -0.489 e. The van der Waals surface area contributed by atoms with Crippen LogP contribution in [0.5, 0.6) is 11.5 Å². The predicted molar refractivity (Wildman–Crippen MR) is 101 cm³/mol. The number of carbonyl (C=O) groups excluding carboxylic acids is 2. The van der Waals surface area contributed by atoms with E-state index in [0.29, 0.717) is 17.0 Å². The zero-order valence-electron chi connectivity index (χ0n) is 15.6. The molecule has 1 atom stereocenters. The Morgan fingerprint density at radius 1 is 1.28 bits per heavy atom. The molecule has 2 aromatic carbocycles. The highest BCUT2D eigenvalue weighted by molar-refractivity contribution is 5.95. The summed E-state index contributed by atoms with van der Waals surface area (Å²) in [5, 5.41) is 5.18.